The molecule has 0 radical (unpaired) electrons. The van der Waals surface area contributed by atoms with Gasteiger partial charge in [-0.3, -0.25) is 4.79 Å². The fourth-order valence-corrected chi connectivity index (χ4v) is 2.78. The van der Waals surface area contributed by atoms with Gasteiger partial charge in [0.2, 0.25) is 0 Å². The van der Waals surface area contributed by atoms with Gasteiger partial charge >= 0.3 is 0 Å². The van der Waals surface area contributed by atoms with E-state index in [1.54, 1.807) is 37.7 Å². The molecule has 1 amide bonds. The molecule has 4 nitrogen and oxygen atoms in total. The van der Waals surface area contributed by atoms with E-state index in [1.807, 2.05) is 18.4 Å². The molecule has 112 valence electrons. The van der Waals surface area contributed by atoms with Crippen molar-refractivity contribution in [1.82, 2.24) is 5.32 Å². The molecule has 0 saturated carbocycles. The fourth-order valence-electron chi connectivity index (χ4n) is 2.07. The van der Waals surface area contributed by atoms with Gasteiger partial charge in [-0.05, 0) is 36.9 Å². The number of carbonyl (C=O) groups is 1. The Labute approximate surface area is 128 Å². The quantitative estimate of drug-likeness (QED) is 0.892. The maximum atomic E-state index is 12.2. The molecule has 21 heavy (non-hydrogen) atoms. The minimum absolute atomic E-state index is 0.122. The zero-order valence-electron chi connectivity index (χ0n) is 12.4. The van der Waals surface area contributed by atoms with Crippen LogP contribution in [0.3, 0.4) is 0 Å². The molecule has 0 aliphatic rings. The minimum Gasteiger partial charge on any atom is -0.496 e. The van der Waals surface area contributed by atoms with Gasteiger partial charge in [0.25, 0.3) is 5.91 Å². The zero-order valence-corrected chi connectivity index (χ0v) is 13.3. The third-order valence-corrected chi connectivity index (χ3v) is 4.19. The molecule has 2 rings (SSSR count). The van der Waals surface area contributed by atoms with Gasteiger partial charge in [-0.1, -0.05) is 6.07 Å². The lowest BCUT2D eigenvalue weighted by molar-refractivity contribution is 0.0953. The molecule has 0 aliphatic heterocycles. The SMILES string of the molecule is COc1cc(C(=O)NCCc2cccs2)cc(OC)c1C. The second kappa shape index (κ2) is 7.13. The van der Waals surface area contributed by atoms with Gasteiger partial charge in [-0.25, -0.2) is 0 Å². The van der Waals surface area contributed by atoms with E-state index in [0.29, 0.717) is 23.6 Å². The lowest BCUT2D eigenvalue weighted by Crippen LogP contribution is -2.25. The predicted molar refractivity (Wildman–Crippen MR) is 84.6 cm³/mol. The Kier molecular flexibility index (Phi) is 5.22. The first-order chi connectivity index (χ1) is 10.2. The van der Waals surface area contributed by atoms with Crippen LogP contribution in [-0.2, 0) is 6.42 Å². The number of hydrogen-bond donors (Lipinski definition) is 1. The summed E-state index contributed by atoms with van der Waals surface area (Å²) in [4.78, 5) is 13.5. The van der Waals surface area contributed by atoms with Crippen LogP contribution in [0.1, 0.15) is 20.8 Å². The summed E-state index contributed by atoms with van der Waals surface area (Å²) in [5, 5.41) is 4.95. The summed E-state index contributed by atoms with van der Waals surface area (Å²) in [6.07, 6.45) is 0.837. The van der Waals surface area contributed by atoms with E-state index in [-0.39, 0.29) is 5.91 Å². The van der Waals surface area contributed by atoms with Crippen LogP contribution in [0.15, 0.2) is 29.6 Å². The molecule has 2 aromatic rings. The summed E-state index contributed by atoms with van der Waals surface area (Å²) in [5.74, 6) is 1.18. The van der Waals surface area contributed by atoms with E-state index in [4.69, 9.17) is 9.47 Å². The monoisotopic (exact) mass is 305 g/mol. The Morgan fingerprint density at radius 3 is 2.43 bits per heavy atom. The minimum atomic E-state index is -0.122. The third kappa shape index (κ3) is 3.76. The van der Waals surface area contributed by atoms with Gasteiger partial charge in [0, 0.05) is 22.5 Å². The van der Waals surface area contributed by atoms with Crippen molar-refractivity contribution in [3.05, 3.63) is 45.6 Å². The number of methoxy groups -OCH3 is 2. The molecule has 1 heterocycles. The van der Waals surface area contributed by atoms with E-state index in [2.05, 4.69) is 11.4 Å². The smallest absolute Gasteiger partial charge is 0.251 e. The highest BCUT2D eigenvalue weighted by atomic mass is 32.1. The predicted octanol–water partition coefficient (Wildman–Crippen LogP) is 3.05. The van der Waals surface area contributed by atoms with Crippen molar-refractivity contribution in [3.63, 3.8) is 0 Å². The second-order valence-electron chi connectivity index (χ2n) is 4.59. The van der Waals surface area contributed by atoms with Crippen molar-refractivity contribution in [2.24, 2.45) is 0 Å². The van der Waals surface area contributed by atoms with Crippen LogP contribution in [-0.4, -0.2) is 26.7 Å². The van der Waals surface area contributed by atoms with E-state index in [0.717, 1.165) is 12.0 Å². The first-order valence-electron chi connectivity index (χ1n) is 6.69. The van der Waals surface area contributed by atoms with Gasteiger partial charge < -0.3 is 14.8 Å². The topological polar surface area (TPSA) is 47.6 Å². The van der Waals surface area contributed by atoms with Gasteiger partial charge in [0.05, 0.1) is 14.2 Å². The molecule has 0 saturated heterocycles. The molecule has 1 aromatic carbocycles. The Balaban J connectivity index is 2.04. The molecular formula is C16H19NO3S. The number of amides is 1. The summed E-state index contributed by atoms with van der Waals surface area (Å²) in [6, 6.07) is 7.54. The van der Waals surface area contributed by atoms with Crippen molar-refractivity contribution >= 4 is 17.2 Å². The Morgan fingerprint density at radius 1 is 1.24 bits per heavy atom. The van der Waals surface area contributed by atoms with E-state index >= 15 is 0 Å². The lowest BCUT2D eigenvalue weighted by Gasteiger charge is -2.12. The standard InChI is InChI=1S/C16H19NO3S/c1-11-14(19-2)9-12(10-15(11)20-3)16(18)17-7-6-13-5-4-8-21-13/h4-5,8-10H,6-7H2,1-3H3,(H,17,18). The van der Waals surface area contributed by atoms with Crippen molar-refractivity contribution < 1.29 is 14.3 Å². The molecule has 0 aliphatic carbocycles. The molecule has 1 aromatic heterocycles. The number of ether oxygens (including phenoxy) is 2. The van der Waals surface area contributed by atoms with Crippen LogP contribution in [0.2, 0.25) is 0 Å². The largest absolute Gasteiger partial charge is 0.496 e. The molecule has 1 N–H and O–H groups in total. The van der Waals surface area contributed by atoms with Crippen LogP contribution in [0.4, 0.5) is 0 Å². The summed E-state index contributed by atoms with van der Waals surface area (Å²) in [5.41, 5.74) is 1.43. The highest BCUT2D eigenvalue weighted by Crippen LogP contribution is 2.29. The van der Waals surface area contributed by atoms with Crippen molar-refractivity contribution in [3.8, 4) is 11.5 Å². The van der Waals surface area contributed by atoms with Gasteiger partial charge in [0.1, 0.15) is 11.5 Å². The third-order valence-electron chi connectivity index (χ3n) is 3.25. The number of carbonyl (C=O) groups excluding carboxylic acids is 1. The molecule has 0 fully saturated rings. The highest BCUT2D eigenvalue weighted by molar-refractivity contribution is 7.09. The summed E-state index contributed by atoms with van der Waals surface area (Å²) in [6.45, 7) is 2.51. The van der Waals surface area contributed by atoms with E-state index in [9.17, 15) is 4.79 Å². The maximum Gasteiger partial charge on any atom is 0.251 e. The molecule has 0 spiro atoms. The Morgan fingerprint density at radius 2 is 1.90 bits per heavy atom. The van der Waals surface area contributed by atoms with Gasteiger partial charge in [0.15, 0.2) is 0 Å². The van der Waals surface area contributed by atoms with Crippen LogP contribution >= 0.6 is 11.3 Å². The van der Waals surface area contributed by atoms with Crippen LogP contribution in [0.25, 0.3) is 0 Å². The first kappa shape index (κ1) is 15.4. The number of thiophene rings is 1. The van der Waals surface area contributed by atoms with Crippen LogP contribution in [0.5, 0.6) is 11.5 Å². The summed E-state index contributed by atoms with van der Waals surface area (Å²) >= 11 is 1.69. The number of nitrogens with one attached hydrogen (secondary N) is 1. The number of benzene rings is 1. The van der Waals surface area contributed by atoms with Crippen molar-refractivity contribution in [2.45, 2.75) is 13.3 Å². The lowest BCUT2D eigenvalue weighted by atomic mass is 10.1. The van der Waals surface area contributed by atoms with Crippen LogP contribution in [0, 0.1) is 6.92 Å². The number of rotatable bonds is 6. The van der Waals surface area contributed by atoms with E-state index < -0.39 is 0 Å². The van der Waals surface area contributed by atoms with Crippen molar-refractivity contribution in [2.75, 3.05) is 20.8 Å². The zero-order chi connectivity index (χ0) is 15.2. The Bertz CT molecular complexity index is 583. The molecule has 0 atom stereocenters. The van der Waals surface area contributed by atoms with Crippen LogP contribution < -0.4 is 14.8 Å². The Hall–Kier alpha value is -2.01. The first-order valence-corrected chi connectivity index (χ1v) is 7.57. The summed E-state index contributed by atoms with van der Waals surface area (Å²) < 4.78 is 10.6. The molecular weight excluding hydrogens is 286 g/mol. The van der Waals surface area contributed by atoms with Crippen molar-refractivity contribution in [1.29, 1.82) is 0 Å². The molecule has 5 heteroatoms. The van der Waals surface area contributed by atoms with Gasteiger partial charge in [-0.15, -0.1) is 11.3 Å². The second-order valence-corrected chi connectivity index (χ2v) is 5.62. The van der Waals surface area contributed by atoms with E-state index in [1.165, 1.54) is 4.88 Å². The normalized spacial score (nSPS) is 10.2. The highest BCUT2D eigenvalue weighted by Gasteiger charge is 2.13. The molecule has 0 bridgehead atoms. The number of hydrogen-bond acceptors (Lipinski definition) is 4. The average Bonchev–Trinajstić information content (AvgIpc) is 3.00. The summed E-state index contributed by atoms with van der Waals surface area (Å²) in [7, 11) is 3.17. The fraction of sp³-hybridized carbons (Fsp3) is 0.312. The average molecular weight is 305 g/mol. The molecule has 0 unspecified atom stereocenters. The van der Waals surface area contributed by atoms with Gasteiger partial charge in [-0.2, -0.15) is 0 Å². The maximum absolute atomic E-state index is 12.2.